The number of hydrogen-bond acceptors (Lipinski definition) is 2. The van der Waals surface area contributed by atoms with Crippen molar-refractivity contribution < 1.29 is 14.3 Å². The van der Waals surface area contributed by atoms with E-state index >= 15 is 0 Å². The summed E-state index contributed by atoms with van der Waals surface area (Å²) in [6.07, 6.45) is 1.57. The molecule has 1 heterocycles. The van der Waals surface area contributed by atoms with Crippen LogP contribution in [0.25, 0.3) is 0 Å². The Morgan fingerprint density at radius 2 is 2.33 bits per heavy atom. The van der Waals surface area contributed by atoms with Gasteiger partial charge in [-0.25, -0.2) is 4.39 Å². The van der Waals surface area contributed by atoms with Crippen molar-refractivity contribution in [3.05, 3.63) is 34.1 Å². The van der Waals surface area contributed by atoms with E-state index in [0.717, 1.165) is 17.4 Å². The van der Waals surface area contributed by atoms with Gasteiger partial charge in [-0.2, -0.15) is 0 Å². The minimum absolute atomic E-state index is 0.240. The van der Waals surface area contributed by atoms with Crippen LogP contribution in [0.2, 0.25) is 0 Å². The first-order valence-corrected chi connectivity index (χ1v) is 6.74. The molecule has 1 aliphatic heterocycles. The van der Waals surface area contributed by atoms with E-state index in [9.17, 15) is 9.18 Å². The van der Waals surface area contributed by atoms with Gasteiger partial charge in [0.1, 0.15) is 5.82 Å². The number of nitrogens with zero attached hydrogens (tertiary/aromatic N) is 1. The van der Waals surface area contributed by atoms with Gasteiger partial charge in [0.05, 0.1) is 5.92 Å². The van der Waals surface area contributed by atoms with E-state index in [1.165, 1.54) is 6.07 Å². The topological polar surface area (TPSA) is 40.5 Å². The zero-order chi connectivity index (χ0) is 13.1. The molecule has 3 nitrogen and oxygen atoms in total. The summed E-state index contributed by atoms with van der Waals surface area (Å²) >= 11 is 3.32. The summed E-state index contributed by atoms with van der Waals surface area (Å²) in [5, 5.41) is 9.01. The lowest BCUT2D eigenvalue weighted by Crippen LogP contribution is -2.38. The molecule has 1 N–H and O–H groups in total. The monoisotopic (exact) mass is 315 g/mol. The second-order valence-corrected chi connectivity index (χ2v) is 5.56. The number of carboxylic acid groups (broad SMARTS) is 1. The summed E-state index contributed by atoms with van der Waals surface area (Å²) in [5.41, 5.74) is 0.607. The molecule has 1 saturated heterocycles. The van der Waals surface area contributed by atoms with E-state index in [0.29, 0.717) is 25.1 Å². The van der Waals surface area contributed by atoms with Crippen LogP contribution in [0, 0.1) is 11.7 Å². The number of piperidine rings is 1. The number of halogens is 2. The standard InChI is InChI=1S/C13H15BrFNO2/c14-11-3-4-12(15)10(6-11)8-16-5-1-2-9(7-16)13(17)18/h3-4,6,9H,1-2,5,7-8H2,(H,17,18). The molecule has 0 saturated carbocycles. The molecule has 1 fully saturated rings. The highest BCUT2D eigenvalue weighted by molar-refractivity contribution is 9.10. The second kappa shape index (κ2) is 5.80. The van der Waals surface area contributed by atoms with E-state index < -0.39 is 5.97 Å². The smallest absolute Gasteiger partial charge is 0.307 e. The fraction of sp³-hybridized carbons (Fsp3) is 0.462. The molecule has 1 aliphatic rings. The average Bonchev–Trinajstić information content (AvgIpc) is 2.34. The van der Waals surface area contributed by atoms with Gasteiger partial charge in [0.2, 0.25) is 0 Å². The van der Waals surface area contributed by atoms with Crippen molar-refractivity contribution in [2.24, 2.45) is 5.92 Å². The number of carbonyl (C=O) groups is 1. The third kappa shape index (κ3) is 3.29. The first-order chi connectivity index (χ1) is 8.56. The van der Waals surface area contributed by atoms with Gasteiger partial charge in [-0.05, 0) is 37.6 Å². The zero-order valence-electron chi connectivity index (χ0n) is 9.90. The predicted octanol–water partition coefficient (Wildman–Crippen LogP) is 2.88. The van der Waals surface area contributed by atoms with Gasteiger partial charge in [0.25, 0.3) is 0 Å². The highest BCUT2D eigenvalue weighted by atomic mass is 79.9. The molecule has 5 heteroatoms. The maximum atomic E-state index is 13.6. The van der Waals surface area contributed by atoms with Crippen molar-refractivity contribution in [2.75, 3.05) is 13.1 Å². The van der Waals surface area contributed by atoms with E-state index in [1.807, 2.05) is 4.90 Å². The number of hydrogen-bond donors (Lipinski definition) is 1. The van der Waals surface area contributed by atoms with Crippen LogP contribution in [0.3, 0.4) is 0 Å². The Morgan fingerprint density at radius 3 is 3.06 bits per heavy atom. The molecule has 0 bridgehead atoms. The lowest BCUT2D eigenvalue weighted by Gasteiger charge is -2.30. The van der Waals surface area contributed by atoms with E-state index in [-0.39, 0.29) is 11.7 Å². The Morgan fingerprint density at radius 1 is 1.56 bits per heavy atom. The summed E-state index contributed by atoms with van der Waals surface area (Å²) < 4.78 is 14.5. The van der Waals surface area contributed by atoms with Gasteiger partial charge in [-0.1, -0.05) is 15.9 Å². The maximum Gasteiger partial charge on any atom is 0.307 e. The molecular formula is C13H15BrFNO2. The van der Waals surface area contributed by atoms with Crippen LogP contribution in [0.5, 0.6) is 0 Å². The molecule has 98 valence electrons. The number of carboxylic acids is 1. The molecular weight excluding hydrogens is 301 g/mol. The fourth-order valence-corrected chi connectivity index (χ4v) is 2.71. The van der Waals surface area contributed by atoms with Crippen molar-refractivity contribution in [3.8, 4) is 0 Å². The molecule has 1 atom stereocenters. The second-order valence-electron chi connectivity index (χ2n) is 4.65. The number of benzene rings is 1. The van der Waals surface area contributed by atoms with E-state index in [4.69, 9.17) is 5.11 Å². The van der Waals surface area contributed by atoms with Crippen molar-refractivity contribution in [3.63, 3.8) is 0 Å². The van der Waals surface area contributed by atoms with Gasteiger partial charge >= 0.3 is 5.97 Å². The molecule has 18 heavy (non-hydrogen) atoms. The highest BCUT2D eigenvalue weighted by Gasteiger charge is 2.25. The van der Waals surface area contributed by atoms with Crippen LogP contribution in [-0.2, 0) is 11.3 Å². The van der Waals surface area contributed by atoms with E-state index in [2.05, 4.69) is 15.9 Å². The third-order valence-corrected chi connectivity index (χ3v) is 3.75. The van der Waals surface area contributed by atoms with Crippen LogP contribution in [-0.4, -0.2) is 29.1 Å². The van der Waals surface area contributed by atoms with Crippen molar-refractivity contribution >= 4 is 21.9 Å². The van der Waals surface area contributed by atoms with Crippen LogP contribution in [0.15, 0.2) is 22.7 Å². The number of rotatable bonds is 3. The maximum absolute atomic E-state index is 13.6. The Labute approximate surface area is 114 Å². The first-order valence-electron chi connectivity index (χ1n) is 5.95. The van der Waals surface area contributed by atoms with E-state index in [1.54, 1.807) is 12.1 Å². The van der Waals surface area contributed by atoms with Gasteiger partial charge < -0.3 is 5.11 Å². The van der Waals surface area contributed by atoms with Crippen LogP contribution >= 0.6 is 15.9 Å². The largest absolute Gasteiger partial charge is 0.481 e. The number of likely N-dealkylation sites (tertiary alicyclic amines) is 1. The zero-order valence-corrected chi connectivity index (χ0v) is 11.5. The summed E-state index contributed by atoms with van der Waals surface area (Å²) in [4.78, 5) is 13.0. The summed E-state index contributed by atoms with van der Waals surface area (Å²) in [6, 6.07) is 4.84. The fourth-order valence-electron chi connectivity index (χ4n) is 2.31. The Balaban J connectivity index is 2.04. The van der Waals surface area contributed by atoms with Crippen LogP contribution < -0.4 is 0 Å². The van der Waals surface area contributed by atoms with Gasteiger partial charge in [0, 0.05) is 23.1 Å². The van der Waals surface area contributed by atoms with Gasteiger partial charge in [-0.3, -0.25) is 9.69 Å². The summed E-state index contributed by atoms with van der Waals surface area (Å²) in [7, 11) is 0. The quantitative estimate of drug-likeness (QED) is 0.932. The molecule has 0 radical (unpaired) electrons. The Kier molecular flexibility index (Phi) is 4.35. The van der Waals surface area contributed by atoms with Crippen LogP contribution in [0.1, 0.15) is 18.4 Å². The summed E-state index contributed by atoms with van der Waals surface area (Å²) in [6.45, 7) is 1.80. The number of aliphatic carboxylic acids is 1. The minimum Gasteiger partial charge on any atom is -0.481 e. The molecule has 0 aliphatic carbocycles. The summed E-state index contributed by atoms with van der Waals surface area (Å²) in [5.74, 6) is -1.32. The molecule has 1 unspecified atom stereocenters. The molecule has 1 aromatic carbocycles. The third-order valence-electron chi connectivity index (χ3n) is 3.26. The minimum atomic E-state index is -0.755. The predicted molar refractivity (Wildman–Crippen MR) is 69.7 cm³/mol. The Hall–Kier alpha value is -0.940. The molecule has 2 rings (SSSR count). The van der Waals surface area contributed by atoms with Crippen molar-refractivity contribution in [1.29, 1.82) is 0 Å². The van der Waals surface area contributed by atoms with Gasteiger partial charge in [0.15, 0.2) is 0 Å². The van der Waals surface area contributed by atoms with Crippen LogP contribution in [0.4, 0.5) is 4.39 Å². The van der Waals surface area contributed by atoms with Crippen molar-refractivity contribution in [2.45, 2.75) is 19.4 Å². The normalized spacial score (nSPS) is 20.9. The van der Waals surface area contributed by atoms with Gasteiger partial charge in [-0.15, -0.1) is 0 Å². The Bertz CT molecular complexity index is 453. The molecule has 0 amide bonds. The molecule has 0 spiro atoms. The SMILES string of the molecule is O=C(O)C1CCCN(Cc2cc(Br)ccc2F)C1. The van der Waals surface area contributed by atoms with Crippen molar-refractivity contribution in [1.82, 2.24) is 4.90 Å². The first kappa shape index (κ1) is 13.5. The lowest BCUT2D eigenvalue weighted by atomic mass is 9.98. The lowest BCUT2D eigenvalue weighted by molar-refractivity contribution is -0.143. The molecule has 1 aromatic rings. The molecule has 0 aromatic heterocycles. The average molecular weight is 316 g/mol. The highest BCUT2D eigenvalue weighted by Crippen LogP contribution is 2.21.